The first-order chi connectivity index (χ1) is 9.51. The first-order valence-corrected chi connectivity index (χ1v) is 6.09. The van der Waals surface area contributed by atoms with Gasteiger partial charge in [-0.25, -0.2) is 4.68 Å². The fourth-order valence-electron chi connectivity index (χ4n) is 1.71. The fourth-order valence-corrected chi connectivity index (χ4v) is 1.71. The second-order valence-electron chi connectivity index (χ2n) is 4.16. The van der Waals surface area contributed by atoms with Crippen LogP contribution in [0.1, 0.15) is 12.6 Å². The third-order valence-corrected chi connectivity index (χ3v) is 2.56. The Morgan fingerprint density at radius 1 is 1.50 bits per heavy atom. The molecule has 0 aliphatic heterocycles. The third-order valence-electron chi connectivity index (χ3n) is 2.56. The van der Waals surface area contributed by atoms with Crippen LogP contribution < -0.4 is 10.1 Å². The van der Waals surface area contributed by atoms with Crippen molar-refractivity contribution >= 4 is 11.5 Å². The Morgan fingerprint density at radius 2 is 2.25 bits per heavy atom. The van der Waals surface area contributed by atoms with Crippen LogP contribution in [0.4, 0.5) is 11.5 Å². The van der Waals surface area contributed by atoms with Gasteiger partial charge < -0.3 is 10.1 Å². The van der Waals surface area contributed by atoms with Crippen LogP contribution in [0.5, 0.6) is 11.8 Å². The first kappa shape index (κ1) is 13.8. The lowest BCUT2D eigenvalue weighted by molar-refractivity contribution is -0.386. The van der Waals surface area contributed by atoms with Gasteiger partial charge >= 0.3 is 11.6 Å². The standard InChI is InChI=1S/C12H15N5O3/c1-4-13-10-6-5-9(17(18)19)12(14-10)20-11-7-8(2)15-16(11)3/h5-7H,4H2,1-3H3,(H,13,14). The molecule has 2 heterocycles. The van der Waals surface area contributed by atoms with E-state index in [1.165, 1.54) is 10.7 Å². The summed E-state index contributed by atoms with van der Waals surface area (Å²) in [7, 11) is 1.70. The molecule has 0 saturated carbocycles. The molecule has 0 bridgehead atoms. The zero-order valence-corrected chi connectivity index (χ0v) is 11.5. The molecule has 0 unspecified atom stereocenters. The molecular formula is C12H15N5O3. The minimum atomic E-state index is -0.527. The van der Waals surface area contributed by atoms with E-state index in [1.54, 1.807) is 19.2 Å². The Kier molecular flexibility index (Phi) is 3.83. The van der Waals surface area contributed by atoms with E-state index in [-0.39, 0.29) is 11.6 Å². The van der Waals surface area contributed by atoms with Gasteiger partial charge in [0.2, 0.25) is 5.88 Å². The average molecular weight is 277 g/mol. The lowest BCUT2D eigenvalue weighted by Gasteiger charge is -2.07. The van der Waals surface area contributed by atoms with E-state index in [9.17, 15) is 10.1 Å². The molecule has 0 aliphatic carbocycles. The minimum Gasteiger partial charge on any atom is -0.415 e. The van der Waals surface area contributed by atoms with Crippen LogP contribution in [0.25, 0.3) is 0 Å². The number of rotatable bonds is 5. The number of nitrogens with zero attached hydrogens (tertiary/aromatic N) is 4. The van der Waals surface area contributed by atoms with Gasteiger partial charge in [-0.3, -0.25) is 10.1 Å². The smallest absolute Gasteiger partial charge is 0.331 e. The molecule has 0 aliphatic rings. The maximum absolute atomic E-state index is 11.0. The molecular weight excluding hydrogens is 262 g/mol. The van der Waals surface area contributed by atoms with Gasteiger partial charge in [-0.15, -0.1) is 0 Å². The van der Waals surface area contributed by atoms with Crippen molar-refractivity contribution in [2.24, 2.45) is 7.05 Å². The van der Waals surface area contributed by atoms with Crippen LogP contribution in [-0.2, 0) is 7.05 Å². The largest absolute Gasteiger partial charge is 0.415 e. The highest BCUT2D eigenvalue weighted by Crippen LogP contribution is 2.30. The summed E-state index contributed by atoms with van der Waals surface area (Å²) in [6.45, 7) is 4.38. The van der Waals surface area contributed by atoms with Crippen molar-refractivity contribution in [1.29, 1.82) is 0 Å². The van der Waals surface area contributed by atoms with Gasteiger partial charge in [0.05, 0.1) is 10.6 Å². The average Bonchev–Trinajstić information content (AvgIpc) is 2.68. The number of hydrogen-bond acceptors (Lipinski definition) is 6. The van der Waals surface area contributed by atoms with Gasteiger partial charge in [-0.1, -0.05) is 0 Å². The summed E-state index contributed by atoms with van der Waals surface area (Å²) in [6, 6.07) is 4.60. The molecule has 2 aromatic heterocycles. The Balaban J connectivity index is 2.39. The van der Waals surface area contributed by atoms with Crippen LogP contribution >= 0.6 is 0 Å². The van der Waals surface area contributed by atoms with Crippen molar-refractivity contribution in [2.45, 2.75) is 13.8 Å². The summed E-state index contributed by atoms with van der Waals surface area (Å²) in [5.74, 6) is 0.857. The molecule has 8 nitrogen and oxygen atoms in total. The number of hydrogen-bond donors (Lipinski definition) is 1. The van der Waals surface area contributed by atoms with Crippen LogP contribution in [0.3, 0.4) is 0 Å². The minimum absolute atomic E-state index is 0.0588. The molecule has 0 spiro atoms. The SMILES string of the molecule is CCNc1ccc([N+](=O)[O-])c(Oc2cc(C)nn2C)n1. The molecule has 106 valence electrons. The maximum atomic E-state index is 11.0. The van der Waals surface area contributed by atoms with Crippen LogP contribution in [0.15, 0.2) is 18.2 Å². The Bertz CT molecular complexity index is 638. The summed E-state index contributed by atoms with van der Waals surface area (Å²) < 4.78 is 7.02. The molecule has 20 heavy (non-hydrogen) atoms. The molecule has 8 heteroatoms. The number of nitrogens with one attached hydrogen (secondary N) is 1. The third kappa shape index (κ3) is 2.85. The van der Waals surface area contributed by atoms with Crippen LogP contribution in [0.2, 0.25) is 0 Å². The van der Waals surface area contributed by atoms with Crippen molar-refractivity contribution in [3.63, 3.8) is 0 Å². The molecule has 1 N–H and O–H groups in total. The number of aryl methyl sites for hydroxylation is 2. The number of aromatic nitrogens is 3. The molecule has 0 aromatic carbocycles. The van der Waals surface area contributed by atoms with Gasteiger partial charge in [0.15, 0.2) is 0 Å². The van der Waals surface area contributed by atoms with Crippen molar-refractivity contribution < 1.29 is 9.66 Å². The highest BCUT2D eigenvalue weighted by molar-refractivity contribution is 5.50. The zero-order valence-electron chi connectivity index (χ0n) is 11.5. The highest BCUT2D eigenvalue weighted by atomic mass is 16.6. The lowest BCUT2D eigenvalue weighted by atomic mass is 10.4. The summed E-state index contributed by atoms with van der Waals surface area (Å²) in [6.07, 6.45) is 0. The zero-order chi connectivity index (χ0) is 14.7. The Hall–Kier alpha value is -2.64. The van der Waals surface area contributed by atoms with E-state index in [2.05, 4.69) is 15.4 Å². The van der Waals surface area contributed by atoms with E-state index < -0.39 is 4.92 Å². The maximum Gasteiger partial charge on any atom is 0.331 e. The molecule has 2 rings (SSSR count). The van der Waals surface area contributed by atoms with E-state index in [1.807, 2.05) is 13.8 Å². The normalized spacial score (nSPS) is 10.3. The summed E-state index contributed by atoms with van der Waals surface area (Å²) in [5.41, 5.74) is 0.568. The second-order valence-corrected chi connectivity index (χ2v) is 4.16. The quantitative estimate of drug-likeness (QED) is 0.665. The van der Waals surface area contributed by atoms with Gasteiger partial charge in [-0.2, -0.15) is 10.1 Å². The number of anilines is 1. The predicted molar refractivity (Wildman–Crippen MR) is 73.1 cm³/mol. The molecule has 2 aromatic rings. The molecule has 0 atom stereocenters. The van der Waals surface area contributed by atoms with Gasteiger partial charge in [0.25, 0.3) is 0 Å². The molecule has 0 radical (unpaired) electrons. The van der Waals surface area contributed by atoms with Crippen molar-refractivity contribution in [3.8, 4) is 11.8 Å². The first-order valence-electron chi connectivity index (χ1n) is 6.09. The van der Waals surface area contributed by atoms with Gasteiger partial charge in [0.1, 0.15) is 5.82 Å². The highest BCUT2D eigenvalue weighted by Gasteiger charge is 2.19. The van der Waals surface area contributed by atoms with E-state index in [0.717, 1.165) is 5.69 Å². The molecule has 0 saturated heterocycles. The van der Waals surface area contributed by atoms with E-state index in [0.29, 0.717) is 18.2 Å². The summed E-state index contributed by atoms with van der Waals surface area (Å²) >= 11 is 0. The van der Waals surface area contributed by atoms with Gasteiger partial charge in [-0.05, 0) is 19.9 Å². The van der Waals surface area contributed by atoms with Crippen LogP contribution in [0, 0.1) is 17.0 Å². The number of pyridine rings is 1. The number of nitro groups is 1. The van der Waals surface area contributed by atoms with Crippen molar-refractivity contribution in [1.82, 2.24) is 14.8 Å². The van der Waals surface area contributed by atoms with Gasteiger partial charge in [0, 0.05) is 25.7 Å². The topological polar surface area (TPSA) is 95.1 Å². The Morgan fingerprint density at radius 3 is 2.80 bits per heavy atom. The lowest BCUT2D eigenvalue weighted by Crippen LogP contribution is -2.03. The monoisotopic (exact) mass is 277 g/mol. The summed E-state index contributed by atoms with van der Waals surface area (Å²) in [4.78, 5) is 14.6. The summed E-state index contributed by atoms with van der Waals surface area (Å²) in [5, 5.41) is 18.1. The molecule has 0 amide bonds. The predicted octanol–water partition coefficient (Wildman–Crippen LogP) is 2.26. The Labute approximate surface area is 115 Å². The van der Waals surface area contributed by atoms with E-state index in [4.69, 9.17) is 4.74 Å². The van der Waals surface area contributed by atoms with E-state index >= 15 is 0 Å². The second kappa shape index (κ2) is 5.55. The van der Waals surface area contributed by atoms with Crippen molar-refractivity contribution in [2.75, 3.05) is 11.9 Å². The van der Waals surface area contributed by atoms with Crippen LogP contribution in [-0.4, -0.2) is 26.2 Å². The fraction of sp³-hybridized carbons (Fsp3) is 0.333. The molecule has 0 fully saturated rings. The number of ether oxygens (including phenoxy) is 1. The van der Waals surface area contributed by atoms with Crippen molar-refractivity contribution in [3.05, 3.63) is 34.0 Å².